The van der Waals surface area contributed by atoms with Crippen LogP contribution in [0.25, 0.3) is 10.9 Å². The molecular weight excluding hydrogens is 493 g/mol. The zero-order chi connectivity index (χ0) is 26.2. The molecule has 37 heavy (non-hydrogen) atoms. The minimum absolute atomic E-state index is 0.121. The van der Waals surface area contributed by atoms with Crippen LogP contribution in [-0.4, -0.2) is 59.9 Å². The highest BCUT2D eigenvalue weighted by molar-refractivity contribution is 6.31. The maximum absolute atomic E-state index is 13.6. The number of H-pyrrole nitrogens is 1. The van der Waals surface area contributed by atoms with Crippen LogP contribution in [0.4, 0.5) is 4.39 Å². The highest BCUT2D eigenvalue weighted by Crippen LogP contribution is 2.19. The average molecular weight is 522 g/mol. The van der Waals surface area contributed by atoms with E-state index >= 15 is 0 Å². The fraction of sp³-hybridized carbons (Fsp3) is 0.241. The summed E-state index contributed by atoms with van der Waals surface area (Å²) in [6.07, 6.45) is 2.58. The first-order valence-electron chi connectivity index (χ1n) is 12.1. The molecule has 0 spiro atoms. The number of methoxy groups -OCH3 is 1. The van der Waals surface area contributed by atoms with Crippen molar-refractivity contribution < 1.29 is 18.7 Å². The molecule has 0 saturated carbocycles. The van der Waals surface area contributed by atoms with Gasteiger partial charge in [0.25, 0.3) is 5.91 Å². The predicted octanol–water partition coefficient (Wildman–Crippen LogP) is 5.32. The first-order valence-corrected chi connectivity index (χ1v) is 12.4. The summed E-state index contributed by atoms with van der Waals surface area (Å²) < 4.78 is 18.7. The third kappa shape index (κ3) is 6.96. The maximum Gasteiger partial charge on any atom is 0.254 e. The smallest absolute Gasteiger partial charge is 0.254 e. The van der Waals surface area contributed by atoms with Gasteiger partial charge < -0.3 is 19.5 Å². The van der Waals surface area contributed by atoms with Crippen molar-refractivity contribution >= 4 is 34.3 Å². The molecule has 0 aliphatic carbocycles. The molecule has 0 atom stereocenters. The van der Waals surface area contributed by atoms with E-state index in [1.807, 2.05) is 30.5 Å². The summed E-state index contributed by atoms with van der Waals surface area (Å²) in [5.41, 5.74) is 3.34. The first kappa shape index (κ1) is 26.4. The van der Waals surface area contributed by atoms with E-state index in [2.05, 4.69) is 4.98 Å². The summed E-state index contributed by atoms with van der Waals surface area (Å²) in [5, 5.41) is 1.55. The number of para-hydroxylation sites is 1. The zero-order valence-corrected chi connectivity index (χ0v) is 21.4. The number of hydrogen-bond acceptors (Lipinski definition) is 3. The van der Waals surface area contributed by atoms with Crippen molar-refractivity contribution in [3.8, 4) is 0 Å². The molecule has 1 aromatic heterocycles. The molecule has 4 aromatic rings. The van der Waals surface area contributed by atoms with Gasteiger partial charge in [-0.15, -0.1) is 0 Å². The quantitative estimate of drug-likeness (QED) is 0.290. The summed E-state index contributed by atoms with van der Waals surface area (Å²) in [7, 11) is 1.55. The Morgan fingerprint density at radius 3 is 2.51 bits per heavy atom. The molecule has 1 heterocycles. The molecule has 0 aliphatic rings. The molecule has 0 unspecified atom stereocenters. The van der Waals surface area contributed by atoms with Crippen molar-refractivity contribution in [3.63, 3.8) is 0 Å². The van der Waals surface area contributed by atoms with Gasteiger partial charge in [0.2, 0.25) is 5.91 Å². The highest BCUT2D eigenvalue weighted by Gasteiger charge is 2.23. The van der Waals surface area contributed by atoms with Crippen LogP contribution in [-0.2, 0) is 22.5 Å². The molecule has 8 heteroatoms. The van der Waals surface area contributed by atoms with Gasteiger partial charge in [0.05, 0.1) is 6.61 Å². The van der Waals surface area contributed by atoms with Crippen LogP contribution in [0.3, 0.4) is 0 Å². The Morgan fingerprint density at radius 1 is 0.973 bits per heavy atom. The summed E-state index contributed by atoms with van der Waals surface area (Å²) >= 11 is 6.09. The van der Waals surface area contributed by atoms with Gasteiger partial charge >= 0.3 is 0 Å². The predicted molar refractivity (Wildman–Crippen MR) is 143 cm³/mol. The van der Waals surface area contributed by atoms with Gasteiger partial charge in [0.1, 0.15) is 12.4 Å². The number of ether oxygens (including phenoxy) is 1. The van der Waals surface area contributed by atoms with Crippen molar-refractivity contribution in [1.29, 1.82) is 0 Å². The molecule has 1 N–H and O–H groups in total. The Balaban J connectivity index is 1.54. The van der Waals surface area contributed by atoms with E-state index in [1.54, 1.807) is 48.4 Å². The van der Waals surface area contributed by atoms with Crippen molar-refractivity contribution in [2.75, 3.05) is 33.4 Å². The fourth-order valence-electron chi connectivity index (χ4n) is 4.22. The molecule has 0 saturated heterocycles. The first-order chi connectivity index (χ1) is 17.9. The van der Waals surface area contributed by atoms with E-state index in [4.69, 9.17) is 16.3 Å². The lowest BCUT2D eigenvalue weighted by Gasteiger charge is -2.28. The number of carbonyl (C=O) groups is 2. The molecular formula is C29H29ClFN3O3. The third-order valence-electron chi connectivity index (χ3n) is 6.22. The molecule has 0 radical (unpaired) electrons. The standard InChI is InChI=1S/C29H29ClFN3O3/c1-37-16-15-34(29(36)22-5-4-6-24(30)17-22)20-28(35)33(19-21-9-11-25(31)12-10-21)14-13-23-18-32-27-8-3-2-7-26(23)27/h2-12,17-18,32H,13-16,19-20H2,1H3. The molecule has 0 fully saturated rings. The SMILES string of the molecule is COCCN(CC(=O)N(CCc1c[nH]c2ccccc12)Cc1ccc(F)cc1)C(=O)c1cccc(Cl)c1. The Kier molecular flexibility index (Phi) is 8.93. The van der Waals surface area contributed by atoms with Crippen molar-refractivity contribution in [3.05, 3.63) is 107 Å². The number of rotatable bonds is 11. The number of aromatic amines is 1. The largest absolute Gasteiger partial charge is 0.383 e. The number of nitrogens with one attached hydrogen (secondary N) is 1. The summed E-state index contributed by atoms with van der Waals surface area (Å²) in [5.74, 6) is -0.847. The molecule has 0 aliphatic heterocycles. The minimum atomic E-state index is -0.335. The summed E-state index contributed by atoms with van der Waals surface area (Å²) in [6.45, 7) is 1.14. The number of fused-ring (bicyclic) bond motifs is 1. The summed E-state index contributed by atoms with van der Waals surface area (Å²) in [4.78, 5) is 33.3. The number of carbonyl (C=O) groups excluding carboxylic acids is 2. The van der Waals surface area contributed by atoms with Crippen LogP contribution in [0.1, 0.15) is 21.5 Å². The van der Waals surface area contributed by atoms with Crippen LogP contribution in [0, 0.1) is 5.82 Å². The molecule has 4 rings (SSSR count). The zero-order valence-electron chi connectivity index (χ0n) is 20.6. The van der Waals surface area contributed by atoms with E-state index in [0.29, 0.717) is 30.1 Å². The fourth-order valence-corrected chi connectivity index (χ4v) is 4.41. The van der Waals surface area contributed by atoms with Gasteiger partial charge in [-0.3, -0.25) is 9.59 Å². The van der Waals surface area contributed by atoms with Crippen LogP contribution in [0.15, 0.2) is 79.0 Å². The second kappa shape index (κ2) is 12.5. The van der Waals surface area contributed by atoms with E-state index in [-0.39, 0.29) is 37.3 Å². The topological polar surface area (TPSA) is 65.6 Å². The molecule has 192 valence electrons. The van der Waals surface area contributed by atoms with Crippen molar-refractivity contribution in [2.45, 2.75) is 13.0 Å². The number of hydrogen-bond donors (Lipinski definition) is 1. The van der Waals surface area contributed by atoms with Gasteiger partial charge in [-0.1, -0.05) is 48.0 Å². The van der Waals surface area contributed by atoms with Crippen LogP contribution < -0.4 is 0 Å². The van der Waals surface area contributed by atoms with E-state index in [9.17, 15) is 14.0 Å². The Labute approximate surface area is 220 Å². The number of nitrogens with zero attached hydrogens (tertiary/aromatic N) is 2. The van der Waals surface area contributed by atoms with Gasteiger partial charge in [-0.25, -0.2) is 4.39 Å². The molecule has 2 amide bonds. The maximum atomic E-state index is 13.6. The normalized spacial score (nSPS) is 11.0. The highest BCUT2D eigenvalue weighted by atomic mass is 35.5. The minimum Gasteiger partial charge on any atom is -0.383 e. The number of amides is 2. The van der Waals surface area contributed by atoms with Crippen molar-refractivity contribution in [2.24, 2.45) is 0 Å². The van der Waals surface area contributed by atoms with Gasteiger partial charge in [0.15, 0.2) is 0 Å². The van der Waals surface area contributed by atoms with Gasteiger partial charge in [0, 0.05) is 54.4 Å². The molecule has 6 nitrogen and oxygen atoms in total. The number of halogens is 2. The van der Waals surface area contributed by atoms with Crippen LogP contribution >= 0.6 is 11.6 Å². The molecule has 3 aromatic carbocycles. The molecule has 0 bridgehead atoms. The van der Waals surface area contributed by atoms with Crippen molar-refractivity contribution in [1.82, 2.24) is 14.8 Å². The number of aromatic nitrogens is 1. The lowest BCUT2D eigenvalue weighted by atomic mass is 10.1. The van der Waals surface area contributed by atoms with E-state index < -0.39 is 0 Å². The number of benzene rings is 3. The average Bonchev–Trinajstić information content (AvgIpc) is 3.32. The Hall–Kier alpha value is -3.68. The third-order valence-corrected chi connectivity index (χ3v) is 6.45. The van der Waals surface area contributed by atoms with Gasteiger partial charge in [-0.05, 0) is 53.9 Å². The lowest BCUT2D eigenvalue weighted by molar-refractivity contribution is -0.132. The van der Waals surface area contributed by atoms with E-state index in [0.717, 1.165) is 22.0 Å². The van der Waals surface area contributed by atoms with E-state index in [1.165, 1.54) is 17.0 Å². The summed E-state index contributed by atoms with van der Waals surface area (Å²) in [6, 6.07) is 20.8. The van der Waals surface area contributed by atoms with Crippen LogP contribution in [0.5, 0.6) is 0 Å². The lowest BCUT2D eigenvalue weighted by Crippen LogP contribution is -2.44. The Bertz CT molecular complexity index is 1360. The van der Waals surface area contributed by atoms with Crippen LogP contribution in [0.2, 0.25) is 5.02 Å². The second-order valence-corrected chi connectivity index (χ2v) is 9.22. The second-order valence-electron chi connectivity index (χ2n) is 8.78. The van der Waals surface area contributed by atoms with Gasteiger partial charge in [-0.2, -0.15) is 0 Å². The Morgan fingerprint density at radius 2 is 1.76 bits per heavy atom. The monoisotopic (exact) mass is 521 g/mol.